The van der Waals surface area contributed by atoms with Crippen LogP contribution >= 0.6 is 11.8 Å². The van der Waals surface area contributed by atoms with Crippen LogP contribution in [0.15, 0.2) is 18.5 Å². The summed E-state index contributed by atoms with van der Waals surface area (Å²) in [6, 6.07) is 2.15. The largest absolute Gasteiger partial charge is 0.396 e. The van der Waals surface area contributed by atoms with Crippen molar-refractivity contribution in [3.8, 4) is 0 Å². The molecule has 1 aromatic heterocycles. The summed E-state index contributed by atoms with van der Waals surface area (Å²) in [4.78, 5) is 4.12. The SMILES string of the molecule is Cc1cncc(CSCCCO)c1. The first-order valence-corrected chi connectivity index (χ1v) is 5.57. The molecule has 72 valence electrons. The fraction of sp³-hybridized carbons (Fsp3) is 0.500. The number of aliphatic hydroxyl groups excluding tert-OH is 1. The van der Waals surface area contributed by atoms with Gasteiger partial charge in [-0.25, -0.2) is 0 Å². The van der Waals surface area contributed by atoms with Crippen molar-refractivity contribution in [1.29, 1.82) is 0 Å². The van der Waals surface area contributed by atoms with E-state index in [0.717, 1.165) is 17.9 Å². The monoisotopic (exact) mass is 197 g/mol. The van der Waals surface area contributed by atoms with Crippen molar-refractivity contribution in [1.82, 2.24) is 4.98 Å². The molecule has 1 aromatic rings. The Labute approximate surface area is 83.4 Å². The third kappa shape index (κ3) is 4.29. The molecule has 0 aliphatic rings. The fourth-order valence-electron chi connectivity index (χ4n) is 1.05. The molecule has 0 bridgehead atoms. The van der Waals surface area contributed by atoms with Crippen LogP contribution in [0.5, 0.6) is 0 Å². The smallest absolute Gasteiger partial charge is 0.0438 e. The molecule has 1 N–H and O–H groups in total. The van der Waals surface area contributed by atoms with Crippen molar-refractivity contribution in [2.24, 2.45) is 0 Å². The second-order valence-electron chi connectivity index (χ2n) is 3.00. The van der Waals surface area contributed by atoms with Gasteiger partial charge in [0.05, 0.1) is 0 Å². The van der Waals surface area contributed by atoms with Gasteiger partial charge in [0.15, 0.2) is 0 Å². The molecule has 1 rings (SSSR count). The number of aryl methyl sites for hydroxylation is 1. The Bertz CT molecular complexity index is 252. The lowest BCUT2D eigenvalue weighted by Crippen LogP contribution is -1.88. The zero-order valence-corrected chi connectivity index (χ0v) is 8.68. The Kier molecular flexibility index (Phi) is 4.86. The van der Waals surface area contributed by atoms with E-state index in [1.54, 1.807) is 0 Å². The standard InChI is InChI=1S/C10H15NOS/c1-9-5-10(7-11-6-9)8-13-4-2-3-12/h5-7,12H,2-4,8H2,1H3. The number of rotatable bonds is 5. The highest BCUT2D eigenvalue weighted by atomic mass is 32.2. The molecule has 0 fully saturated rings. The lowest BCUT2D eigenvalue weighted by Gasteiger charge is -2.01. The molecule has 1 heterocycles. The Balaban J connectivity index is 2.28. The molecule has 0 spiro atoms. The maximum absolute atomic E-state index is 8.58. The zero-order valence-electron chi connectivity index (χ0n) is 7.86. The van der Waals surface area contributed by atoms with Gasteiger partial charge >= 0.3 is 0 Å². The summed E-state index contributed by atoms with van der Waals surface area (Å²) in [7, 11) is 0. The lowest BCUT2D eigenvalue weighted by atomic mass is 10.2. The first-order valence-electron chi connectivity index (χ1n) is 4.42. The molecule has 2 nitrogen and oxygen atoms in total. The molecule has 13 heavy (non-hydrogen) atoms. The van der Waals surface area contributed by atoms with Crippen LogP contribution in [0.4, 0.5) is 0 Å². The number of hydrogen-bond donors (Lipinski definition) is 1. The minimum atomic E-state index is 0.291. The molecular weight excluding hydrogens is 182 g/mol. The Morgan fingerprint density at radius 2 is 2.31 bits per heavy atom. The van der Waals surface area contributed by atoms with E-state index in [-0.39, 0.29) is 0 Å². The topological polar surface area (TPSA) is 33.1 Å². The van der Waals surface area contributed by atoms with Crippen LogP contribution in [0.1, 0.15) is 17.5 Å². The van der Waals surface area contributed by atoms with Crippen LogP contribution in [0.3, 0.4) is 0 Å². The molecule has 0 unspecified atom stereocenters. The third-order valence-corrected chi connectivity index (χ3v) is 2.76. The Hall–Kier alpha value is -0.540. The minimum absolute atomic E-state index is 0.291. The zero-order chi connectivity index (χ0) is 9.52. The molecule has 0 aromatic carbocycles. The highest BCUT2D eigenvalue weighted by Gasteiger charge is 1.94. The lowest BCUT2D eigenvalue weighted by molar-refractivity contribution is 0.296. The summed E-state index contributed by atoms with van der Waals surface area (Å²) in [5.74, 6) is 2.01. The van der Waals surface area contributed by atoms with Gasteiger partial charge in [0.2, 0.25) is 0 Å². The number of thioether (sulfide) groups is 1. The van der Waals surface area contributed by atoms with E-state index in [1.807, 2.05) is 24.2 Å². The average Bonchev–Trinajstić information content (AvgIpc) is 2.13. The first-order chi connectivity index (χ1) is 6.33. The van der Waals surface area contributed by atoms with Crippen LogP contribution in [0.2, 0.25) is 0 Å². The predicted molar refractivity (Wildman–Crippen MR) is 56.8 cm³/mol. The van der Waals surface area contributed by atoms with Crippen LogP contribution < -0.4 is 0 Å². The second-order valence-corrected chi connectivity index (χ2v) is 4.11. The third-order valence-electron chi connectivity index (χ3n) is 1.65. The maximum Gasteiger partial charge on any atom is 0.0438 e. The highest BCUT2D eigenvalue weighted by molar-refractivity contribution is 7.98. The van der Waals surface area contributed by atoms with E-state index in [9.17, 15) is 0 Å². The molecular formula is C10H15NOS. The number of aliphatic hydroxyl groups is 1. The molecule has 0 aliphatic heterocycles. The molecule has 0 saturated heterocycles. The van der Waals surface area contributed by atoms with E-state index in [0.29, 0.717) is 6.61 Å². The molecule has 0 aliphatic carbocycles. The fourth-order valence-corrected chi connectivity index (χ4v) is 1.92. The van der Waals surface area contributed by atoms with Crippen LogP contribution in [-0.4, -0.2) is 22.5 Å². The minimum Gasteiger partial charge on any atom is -0.396 e. The van der Waals surface area contributed by atoms with Crippen molar-refractivity contribution in [2.45, 2.75) is 19.1 Å². The van der Waals surface area contributed by atoms with Gasteiger partial charge in [-0.1, -0.05) is 6.07 Å². The highest BCUT2D eigenvalue weighted by Crippen LogP contribution is 2.12. The van der Waals surface area contributed by atoms with Crippen molar-refractivity contribution < 1.29 is 5.11 Å². The quantitative estimate of drug-likeness (QED) is 0.733. The summed E-state index contributed by atoms with van der Waals surface area (Å²) in [6.45, 7) is 2.34. The van der Waals surface area contributed by atoms with Gasteiger partial charge in [-0.3, -0.25) is 4.98 Å². The maximum atomic E-state index is 8.58. The van der Waals surface area contributed by atoms with E-state index in [4.69, 9.17) is 5.11 Å². The van der Waals surface area contributed by atoms with Crippen molar-refractivity contribution >= 4 is 11.8 Å². The van der Waals surface area contributed by atoms with Gasteiger partial charge < -0.3 is 5.11 Å². The first kappa shape index (κ1) is 10.5. The normalized spacial score (nSPS) is 10.3. The van der Waals surface area contributed by atoms with E-state index in [1.165, 1.54) is 11.1 Å². The van der Waals surface area contributed by atoms with Crippen molar-refractivity contribution in [3.05, 3.63) is 29.6 Å². The van der Waals surface area contributed by atoms with Gasteiger partial charge in [-0.15, -0.1) is 0 Å². The molecule has 0 radical (unpaired) electrons. The second kappa shape index (κ2) is 6.00. The van der Waals surface area contributed by atoms with Gasteiger partial charge in [-0.05, 0) is 30.2 Å². The van der Waals surface area contributed by atoms with Crippen LogP contribution in [-0.2, 0) is 5.75 Å². The molecule has 0 atom stereocenters. The summed E-state index contributed by atoms with van der Waals surface area (Å²) < 4.78 is 0. The van der Waals surface area contributed by atoms with E-state index < -0.39 is 0 Å². The molecule has 0 saturated carbocycles. The van der Waals surface area contributed by atoms with Crippen molar-refractivity contribution in [3.63, 3.8) is 0 Å². The van der Waals surface area contributed by atoms with Crippen molar-refractivity contribution in [2.75, 3.05) is 12.4 Å². The van der Waals surface area contributed by atoms with Crippen LogP contribution in [0.25, 0.3) is 0 Å². The summed E-state index contributed by atoms with van der Waals surface area (Å²) in [5, 5.41) is 8.58. The predicted octanol–water partition coefficient (Wildman–Crippen LogP) is 2.01. The number of aromatic nitrogens is 1. The number of hydrogen-bond acceptors (Lipinski definition) is 3. The Morgan fingerprint density at radius 1 is 1.46 bits per heavy atom. The van der Waals surface area contributed by atoms with E-state index in [2.05, 4.69) is 18.0 Å². The van der Waals surface area contributed by atoms with E-state index >= 15 is 0 Å². The summed E-state index contributed by atoms with van der Waals surface area (Å²) >= 11 is 1.84. The molecule has 3 heteroatoms. The summed E-state index contributed by atoms with van der Waals surface area (Å²) in [5.41, 5.74) is 2.48. The number of nitrogens with zero attached hydrogens (tertiary/aromatic N) is 1. The van der Waals surface area contributed by atoms with Crippen LogP contribution in [0, 0.1) is 6.92 Å². The van der Waals surface area contributed by atoms with Gasteiger partial charge in [-0.2, -0.15) is 11.8 Å². The van der Waals surface area contributed by atoms with Gasteiger partial charge in [0, 0.05) is 24.8 Å². The average molecular weight is 197 g/mol. The van der Waals surface area contributed by atoms with Gasteiger partial charge in [0.1, 0.15) is 0 Å². The van der Waals surface area contributed by atoms with Gasteiger partial charge in [0.25, 0.3) is 0 Å². The molecule has 0 amide bonds. The summed E-state index contributed by atoms with van der Waals surface area (Å²) in [6.07, 6.45) is 4.64. The number of pyridine rings is 1. The Morgan fingerprint density at radius 3 is 3.00 bits per heavy atom.